The first kappa shape index (κ1) is 15.1. The van der Waals surface area contributed by atoms with Gasteiger partial charge < -0.3 is 11.5 Å². The van der Waals surface area contributed by atoms with E-state index >= 15 is 0 Å². The fourth-order valence-electron chi connectivity index (χ4n) is 3.46. The maximum Gasteiger partial charge on any atom is 0.260 e. The number of anilines is 1. The summed E-state index contributed by atoms with van der Waals surface area (Å²) in [4.78, 5) is 22.3. The zero-order valence-electron chi connectivity index (χ0n) is 13.2. The summed E-state index contributed by atoms with van der Waals surface area (Å²) in [5, 5.41) is 0.827. The molecular formula is C18H18N4OS. The van der Waals surface area contributed by atoms with Gasteiger partial charge in [0.05, 0.1) is 11.4 Å². The molecule has 0 fully saturated rings. The number of hydrogen-bond donors (Lipinski definition) is 2. The van der Waals surface area contributed by atoms with E-state index in [1.54, 1.807) is 6.20 Å². The van der Waals surface area contributed by atoms with Crippen molar-refractivity contribution in [3.8, 4) is 11.3 Å². The molecule has 0 spiro atoms. The average Bonchev–Trinajstić information content (AvgIpc) is 2.77. The molecule has 5 nitrogen and oxygen atoms in total. The van der Waals surface area contributed by atoms with Crippen molar-refractivity contribution in [2.75, 3.05) is 5.73 Å². The number of carbonyl (C=O) groups excluding carboxylic acids is 1. The van der Waals surface area contributed by atoms with Crippen molar-refractivity contribution in [2.45, 2.75) is 32.1 Å². The van der Waals surface area contributed by atoms with E-state index in [9.17, 15) is 4.79 Å². The van der Waals surface area contributed by atoms with Crippen molar-refractivity contribution < 1.29 is 4.79 Å². The molecule has 122 valence electrons. The summed E-state index contributed by atoms with van der Waals surface area (Å²) < 4.78 is 0. The number of primary amides is 1. The van der Waals surface area contributed by atoms with Crippen LogP contribution >= 0.6 is 11.3 Å². The maximum atomic E-state index is 11.7. The van der Waals surface area contributed by atoms with Gasteiger partial charge in [0, 0.05) is 22.8 Å². The Balaban J connectivity index is 2.12. The zero-order chi connectivity index (χ0) is 16.7. The van der Waals surface area contributed by atoms with Crippen molar-refractivity contribution in [2.24, 2.45) is 5.73 Å². The van der Waals surface area contributed by atoms with E-state index in [-0.39, 0.29) is 0 Å². The zero-order valence-corrected chi connectivity index (χ0v) is 14.0. The number of fused-ring (bicyclic) bond motifs is 2. The number of amides is 1. The number of pyridine rings is 2. The first-order valence-corrected chi connectivity index (χ1v) is 8.93. The molecule has 0 saturated carbocycles. The molecule has 0 radical (unpaired) electrons. The number of nitrogens with zero attached hydrogens (tertiary/aromatic N) is 2. The Kier molecular flexibility index (Phi) is 3.69. The van der Waals surface area contributed by atoms with E-state index in [1.165, 1.54) is 23.3 Å². The lowest BCUT2D eigenvalue weighted by atomic mass is 9.95. The number of nitrogens with two attached hydrogens (primary N) is 2. The summed E-state index contributed by atoms with van der Waals surface area (Å²) in [5.74, 6) is -0.502. The van der Waals surface area contributed by atoms with Crippen LogP contribution < -0.4 is 11.5 Å². The third kappa shape index (κ3) is 2.34. The van der Waals surface area contributed by atoms with Crippen LogP contribution in [0.25, 0.3) is 21.5 Å². The molecule has 0 aliphatic heterocycles. The van der Waals surface area contributed by atoms with E-state index in [1.807, 2.05) is 18.2 Å². The first-order chi connectivity index (χ1) is 11.7. The summed E-state index contributed by atoms with van der Waals surface area (Å²) in [5.41, 5.74) is 16.5. The molecule has 0 unspecified atom stereocenters. The smallest absolute Gasteiger partial charge is 0.260 e. The maximum absolute atomic E-state index is 11.7. The minimum atomic E-state index is -0.502. The number of aryl methyl sites for hydroxylation is 1. The Morgan fingerprint density at radius 1 is 1.17 bits per heavy atom. The highest BCUT2D eigenvalue weighted by Gasteiger charge is 2.24. The Labute approximate surface area is 143 Å². The average molecular weight is 338 g/mol. The summed E-state index contributed by atoms with van der Waals surface area (Å²) in [6, 6.07) is 5.85. The Hall–Kier alpha value is -2.47. The van der Waals surface area contributed by atoms with Gasteiger partial charge in [-0.2, -0.15) is 0 Å². The topological polar surface area (TPSA) is 94.9 Å². The van der Waals surface area contributed by atoms with E-state index < -0.39 is 5.91 Å². The number of hydrogen-bond acceptors (Lipinski definition) is 5. The minimum absolute atomic E-state index is 0.384. The van der Waals surface area contributed by atoms with Gasteiger partial charge in [0.2, 0.25) is 0 Å². The van der Waals surface area contributed by atoms with Crippen LogP contribution in [0.3, 0.4) is 0 Å². The van der Waals surface area contributed by atoms with Gasteiger partial charge in [0.1, 0.15) is 9.71 Å². The van der Waals surface area contributed by atoms with Crippen LogP contribution in [-0.2, 0) is 12.8 Å². The molecule has 1 amide bonds. The summed E-state index contributed by atoms with van der Waals surface area (Å²) in [6.07, 6.45) is 7.17. The lowest BCUT2D eigenvalue weighted by Crippen LogP contribution is -2.10. The highest BCUT2D eigenvalue weighted by atomic mass is 32.1. The van der Waals surface area contributed by atoms with Crippen molar-refractivity contribution >= 4 is 33.1 Å². The molecule has 1 aliphatic carbocycles. The Morgan fingerprint density at radius 3 is 2.75 bits per heavy atom. The van der Waals surface area contributed by atoms with Gasteiger partial charge in [-0.1, -0.05) is 12.5 Å². The van der Waals surface area contributed by atoms with Crippen LogP contribution in [0, 0.1) is 0 Å². The number of aromatic nitrogens is 2. The van der Waals surface area contributed by atoms with Gasteiger partial charge in [-0.25, -0.2) is 4.98 Å². The second-order valence-electron chi connectivity index (χ2n) is 6.08. The second-order valence-corrected chi connectivity index (χ2v) is 7.08. The van der Waals surface area contributed by atoms with Gasteiger partial charge in [0.25, 0.3) is 5.91 Å². The van der Waals surface area contributed by atoms with Crippen LogP contribution in [0.2, 0.25) is 0 Å². The standard InChI is InChI=1S/C18H18N4OS/c19-15-14-13(12-8-4-5-9-21-12)10-6-2-1-3-7-11(10)22-18(14)24-16(15)17(20)23/h4-5,8-9H,1-3,6-7,19H2,(H2,20,23). The van der Waals surface area contributed by atoms with Crippen LogP contribution in [-0.4, -0.2) is 15.9 Å². The minimum Gasteiger partial charge on any atom is -0.397 e. The van der Waals surface area contributed by atoms with Gasteiger partial charge in [-0.15, -0.1) is 11.3 Å². The first-order valence-electron chi connectivity index (χ1n) is 8.11. The SMILES string of the molecule is NC(=O)c1sc2nc3c(c(-c4ccccn4)c2c1N)CCCCC3. The van der Waals surface area contributed by atoms with E-state index in [2.05, 4.69) is 4.98 Å². The highest BCUT2D eigenvalue weighted by Crippen LogP contribution is 2.42. The molecule has 24 heavy (non-hydrogen) atoms. The van der Waals surface area contributed by atoms with Gasteiger partial charge in [0.15, 0.2) is 0 Å². The van der Waals surface area contributed by atoms with E-state index in [4.69, 9.17) is 16.5 Å². The third-order valence-electron chi connectivity index (χ3n) is 4.55. The molecule has 3 aromatic heterocycles. The van der Waals surface area contributed by atoms with E-state index in [0.717, 1.165) is 52.9 Å². The third-order valence-corrected chi connectivity index (χ3v) is 5.66. The van der Waals surface area contributed by atoms with Crippen molar-refractivity contribution in [3.63, 3.8) is 0 Å². The van der Waals surface area contributed by atoms with Gasteiger partial charge in [-0.05, 0) is 43.4 Å². The number of carbonyl (C=O) groups is 1. The molecule has 0 aromatic carbocycles. The van der Waals surface area contributed by atoms with Gasteiger partial charge in [-0.3, -0.25) is 9.78 Å². The molecule has 6 heteroatoms. The lowest BCUT2D eigenvalue weighted by Gasteiger charge is -2.13. The molecule has 3 aromatic rings. The summed E-state index contributed by atoms with van der Waals surface area (Å²) in [7, 11) is 0. The van der Waals surface area contributed by atoms with Crippen LogP contribution in [0.1, 0.15) is 40.2 Å². The molecule has 0 atom stereocenters. The van der Waals surface area contributed by atoms with Crippen molar-refractivity contribution in [1.82, 2.24) is 9.97 Å². The van der Waals surface area contributed by atoms with Gasteiger partial charge >= 0.3 is 0 Å². The fourth-order valence-corrected chi connectivity index (χ4v) is 4.44. The molecule has 3 heterocycles. The molecular weight excluding hydrogens is 320 g/mol. The molecule has 0 bridgehead atoms. The summed E-state index contributed by atoms with van der Waals surface area (Å²) >= 11 is 1.28. The van der Waals surface area contributed by atoms with Crippen molar-refractivity contribution in [1.29, 1.82) is 0 Å². The largest absolute Gasteiger partial charge is 0.397 e. The van der Waals surface area contributed by atoms with Crippen molar-refractivity contribution in [3.05, 3.63) is 40.5 Å². The molecule has 4 N–H and O–H groups in total. The number of rotatable bonds is 2. The molecule has 1 aliphatic rings. The Morgan fingerprint density at radius 2 is 2.00 bits per heavy atom. The van der Waals surface area contributed by atoms with Crippen LogP contribution in [0.15, 0.2) is 24.4 Å². The quantitative estimate of drug-likeness (QED) is 0.701. The highest BCUT2D eigenvalue weighted by molar-refractivity contribution is 7.21. The second kappa shape index (κ2) is 5.87. The predicted molar refractivity (Wildman–Crippen MR) is 97.0 cm³/mol. The van der Waals surface area contributed by atoms with Crippen LogP contribution in [0.5, 0.6) is 0 Å². The number of nitrogen functional groups attached to an aromatic ring is 1. The lowest BCUT2D eigenvalue weighted by molar-refractivity contribution is 0.100. The Bertz CT molecular complexity index is 933. The predicted octanol–water partition coefficient (Wildman–Crippen LogP) is 3.31. The summed E-state index contributed by atoms with van der Waals surface area (Å²) in [6.45, 7) is 0. The molecule has 0 saturated heterocycles. The molecule has 4 rings (SSSR count). The fraction of sp³-hybridized carbons (Fsp3) is 0.278. The number of thiophene rings is 1. The monoisotopic (exact) mass is 338 g/mol. The normalized spacial score (nSPS) is 14.3. The van der Waals surface area contributed by atoms with E-state index in [0.29, 0.717) is 10.6 Å². The van der Waals surface area contributed by atoms with Crippen LogP contribution in [0.4, 0.5) is 5.69 Å².